The Labute approximate surface area is 197 Å². The van der Waals surface area contributed by atoms with E-state index >= 15 is 0 Å². The summed E-state index contributed by atoms with van der Waals surface area (Å²) in [6, 6.07) is 13.2. The lowest BCUT2D eigenvalue weighted by Gasteiger charge is -2.35. The molecule has 0 saturated carbocycles. The van der Waals surface area contributed by atoms with Crippen molar-refractivity contribution >= 4 is 29.4 Å². The molecule has 0 spiro atoms. The molecule has 1 saturated heterocycles. The molecule has 1 aliphatic rings. The maximum atomic E-state index is 12.5. The highest BCUT2D eigenvalue weighted by atomic mass is 32.2. The minimum atomic E-state index is -0.142. The first-order chi connectivity index (χ1) is 16.0. The molecule has 0 atom stereocenters. The second-order valence-corrected chi connectivity index (χ2v) is 8.84. The monoisotopic (exact) mass is 465 g/mol. The number of rotatable bonds is 7. The van der Waals surface area contributed by atoms with Crippen LogP contribution in [-0.2, 0) is 17.1 Å². The van der Waals surface area contributed by atoms with Crippen molar-refractivity contribution in [3.05, 3.63) is 71.3 Å². The van der Waals surface area contributed by atoms with Crippen LogP contribution in [0.4, 0.5) is 5.82 Å². The van der Waals surface area contributed by atoms with Crippen molar-refractivity contribution < 1.29 is 14.0 Å². The predicted octanol–water partition coefficient (Wildman–Crippen LogP) is 3.27. The second-order valence-electron chi connectivity index (χ2n) is 7.89. The van der Waals surface area contributed by atoms with Crippen LogP contribution in [0.5, 0.6) is 0 Å². The van der Waals surface area contributed by atoms with Gasteiger partial charge in [-0.15, -0.1) is 0 Å². The van der Waals surface area contributed by atoms with Gasteiger partial charge < -0.3 is 19.5 Å². The summed E-state index contributed by atoms with van der Waals surface area (Å²) in [6.45, 7) is 6.85. The van der Waals surface area contributed by atoms with Crippen LogP contribution >= 0.6 is 11.8 Å². The van der Waals surface area contributed by atoms with Gasteiger partial charge in [-0.25, -0.2) is 9.97 Å². The van der Waals surface area contributed by atoms with Crippen LogP contribution in [0.3, 0.4) is 0 Å². The van der Waals surface area contributed by atoms with Gasteiger partial charge in [-0.1, -0.05) is 23.9 Å². The average molecular weight is 466 g/mol. The summed E-state index contributed by atoms with van der Waals surface area (Å²) in [5, 5.41) is 3.57. The zero-order valence-corrected chi connectivity index (χ0v) is 19.6. The van der Waals surface area contributed by atoms with Crippen molar-refractivity contribution in [1.29, 1.82) is 0 Å². The number of hydrogen-bond donors (Lipinski definition) is 1. The highest BCUT2D eigenvalue weighted by molar-refractivity contribution is 7.98. The Kier molecular flexibility index (Phi) is 7.29. The van der Waals surface area contributed by atoms with Gasteiger partial charge in [-0.3, -0.25) is 9.59 Å². The molecular weight excluding hydrogens is 438 g/mol. The van der Waals surface area contributed by atoms with Gasteiger partial charge in [0.25, 0.3) is 5.91 Å². The normalized spacial score (nSPS) is 13.8. The van der Waals surface area contributed by atoms with Gasteiger partial charge in [0.05, 0.1) is 12.8 Å². The lowest BCUT2D eigenvalue weighted by atomic mass is 10.1. The summed E-state index contributed by atoms with van der Waals surface area (Å²) in [6.07, 6.45) is 1.59. The Morgan fingerprint density at radius 3 is 2.64 bits per heavy atom. The number of carbonyl (C=O) groups is 2. The lowest BCUT2D eigenvalue weighted by molar-refractivity contribution is -0.129. The van der Waals surface area contributed by atoms with Gasteiger partial charge in [0, 0.05) is 56.2 Å². The molecule has 2 aromatic heterocycles. The van der Waals surface area contributed by atoms with E-state index in [-0.39, 0.29) is 11.8 Å². The molecule has 1 aromatic carbocycles. The largest absolute Gasteiger partial charge is 0.467 e. The van der Waals surface area contributed by atoms with Crippen molar-refractivity contribution in [1.82, 2.24) is 20.2 Å². The number of piperazine rings is 1. The molecule has 0 bridgehead atoms. The van der Waals surface area contributed by atoms with Crippen LogP contribution in [0.25, 0.3) is 0 Å². The Morgan fingerprint density at radius 2 is 1.91 bits per heavy atom. The summed E-state index contributed by atoms with van der Waals surface area (Å²) in [4.78, 5) is 37.4. The van der Waals surface area contributed by atoms with Crippen LogP contribution in [0.1, 0.15) is 34.3 Å². The SMILES string of the molecule is CC(=O)N1CCN(c2cc(C)nc(SCc3cccc(C(=O)NCc4ccco4)c3)n2)CC1. The van der Waals surface area contributed by atoms with Crippen molar-refractivity contribution in [2.45, 2.75) is 31.3 Å². The molecule has 1 fully saturated rings. The van der Waals surface area contributed by atoms with E-state index in [4.69, 9.17) is 9.40 Å². The molecule has 0 aliphatic carbocycles. The smallest absolute Gasteiger partial charge is 0.251 e. The number of furan rings is 1. The first kappa shape index (κ1) is 22.8. The number of carbonyl (C=O) groups excluding carboxylic acids is 2. The molecule has 3 aromatic rings. The molecule has 33 heavy (non-hydrogen) atoms. The molecule has 3 heterocycles. The van der Waals surface area contributed by atoms with Gasteiger partial charge in [0.1, 0.15) is 11.6 Å². The third-order valence-corrected chi connectivity index (χ3v) is 6.35. The van der Waals surface area contributed by atoms with Crippen molar-refractivity contribution in [2.24, 2.45) is 0 Å². The Balaban J connectivity index is 1.36. The summed E-state index contributed by atoms with van der Waals surface area (Å²) < 4.78 is 5.26. The number of amides is 2. The zero-order valence-electron chi connectivity index (χ0n) is 18.8. The molecule has 1 N–H and O–H groups in total. The standard InChI is InChI=1S/C24H27N5O3S/c1-17-13-22(29-10-8-28(9-11-29)18(2)30)27-24(26-17)33-16-19-5-3-6-20(14-19)23(31)25-15-21-7-4-12-32-21/h3-7,12-14H,8-11,15-16H2,1-2H3,(H,25,31). The molecule has 1 aliphatic heterocycles. The first-order valence-corrected chi connectivity index (χ1v) is 11.8. The third-order valence-electron chi connectivity index (χ3n) is 5.43. The second kappa shape index (κ2) is 10.5. The zero-order chi connectivity index (χ0) is 23.2. The maximum absolute atomic E-state index is 12.5. The molecule has 172 valence electrons. The Morgan fingerprint density at radius 1 is 1.09 bits per heavy atom. The van der Waals surface area contributed by atoms with E-state index in [1.54, 1.807) is 37.1 Å². The van der Waals surface area contributed by atoms with Crippen LogP contribution in [0.2, 0.25) is 0 Å². The van der Waals surface area contributed by atoms with Crippen molar-refractivity contribution in [2.75, 3.05) is 31.1 Å². The lowest BCUT2D eigenvalue weighted by Crippen LogP contribution is -2.48. The van der Waals surface area contributed by atoms with Crippen LogP contribution in [-0.4, -0.2) is 52.9 Å². The van der Waals surface area contributed by atoms with E-state index in [1.807, 2.05) is 42.2 Å². The number of aryl methyl sites for hydroxylation is 1. The maximum Gasteiger partial charge on any atom is 0.251 e. The molecule has 8 nitrogen and oxygen atoms in total. The first-order valence-electron chi connectivity index (χ1n) is 10.9. The van der Waals surface area contributed by atoms with Crippen LogP contribution < -0.4 is 10.2 Å². The fourth-order valence-corrected chi connectivity index (χ4v) is 4.48. The van der Waals surface area contributed by atoms with E-state index < -0.39 is 0 Å². The van der Waals surface area contributed by atoms with Gasteiger partial charge in [0.2, 0.25) is 5.91 Å². The number of thioether (sulfide) groups is 1. The highest BCUT2D eigenvalue weighted by Gasteiger charge is 2.20. The fourth-order valence-electron chi connectivity index (χ4n) is 3.64. The number of nitrogens with one attached hydrogen (secondary N) is 1. The van der Waals surface area contributed by atoms with Gasteiger partial charge in [-0.2, -0.15) is 0 Å². The number of nitrogens with zero attached hydrogens (tertiary/aromatic N) is 4. The predicted molar refractivity (Wildman–Crippen MR) is 127 cm³/mol. The highest BCUT2D eigenvalue weighted by Crippen LogP contribution is 2.24. The topological polar surface area (TPSA) is 91.6 Å². The van der Waals surface area contributed by atoms with Crippen LogP contribution in [0, 0.1) is 6.92 Å². The van der Waals surface area contributed by atoms with Gasteiger partial charge >= 0.3 is 0 Å². The molecule has 0 radical (unpaired) electrons. The minimum absolute atomic E-state index is 0.113. The van der Waals surface area contributed by atoms with Crippen molar-refractivity contribution in [3.8, 4) is 0 Å². The van der Waals surface area contributed by atoms with Gasteiger partial charge in [0.15, 0.2) is 5.16 Å². The van der Waals surface area contributed by atoms with E-state index in [2.05, 4.69) is 15.2 Å². The number of hydrogen-bond acceptors (Lipinski definition) is 7. The minimum Gasteiger partial charge on any atom is -0.467 e. The molecule has 4 rings (SSSR count). The fraction of sp³-hybridized carbons (Fsp3) is 0.333. The number of aromatic nitrogens is 2. The van der Waals surface area contributed by atoms with Gasteiger partial charge in [-0.05, 0) is 36.8 Å². The quantitative estimate of drug-likeness (QED) is 0.423. The average Bonchev–Trinajstić information content (AvgIpc) is 3.35. The van der Waals surface area contributed by atoms with E-state index in [9.17, 15) is 9.59 Å². The summed E-state index contributed by atoms with van der Waals surface area (Å²) in [5.41, 5.74) is 2.53. The molecule has 0 unspecified atom stereocenters. The Bertz CT molecular complexity index is 1110. The Hall–Kier alpha value is -3.33. The molecule has 9 heteroatoms. The van der Waals surface area contributed by atoms with Crippen LogP contribution in [0.15, 0.2) is 58.3 Å². The van der Waals surface area contributed by atoms with E-state index in [1.165, 1.54) is 0 Å². The summed E-state index contributed by atoms with van der Waals surface area (Å²) >= 11 is 1.54. The molecular formula is C24H27N5O3S. The number of anilines is 1. The molecule has 2 amide bonds. The summed E-state index contributed by atoms with van der Waals surface area (Å²) in [7, 11) is 0. The van der Waals surface area contributed by atoms with Crippen molar-refractivity contribution in [3.63, 3.8) is 0 Å². The number of benzene rings is 1. The summed E-state index contributed by atoms with van der Waals surface area (Å²) in [5.74, 6) is 2.23. The van der Waals surface area contributed by atoms with E-state index in [0.717, 1.165) is 30.2 Å². The third kappa shape index (κ3) is 6.13. The van der Waals surface area contributed by atoms with E-state index in [0.29, 0.717) is 41.9 Å².